The van der Waals surface area contributed by atoms with E-state index in [1.165, 1.54) is 23.3 Å². The van der Waals surface area contributed by atoms with Gasteiger partial charge in [-0.2, -0.15) is 20.1 Å². The van der Waals surface area contributed by atoms with Crippen molar-refractivity contribution in [3.05, 3.63) is 72.1 Å². The number of hydrogen-bond acceptors (Lipinski definition) is 13. The number of anilines is 3. The minimum Gasteiger partial charge on any atom is -0.497 e. The van der Waals surface area contributed by atoms with Crippen LogP contribution < -0.4 is 28.6 Å². The molecule has 1 N–H and O–H groups in total. The predicted molar refractivity (Wildman–Crippen MR) is 203 cm³/mol. The molecule has 0 amide bonds. The van der Waals surface area contributed by atoms with Gasteiger partial charge in [0.1, 0.15) is 28.7 Å². The molecule has 16 nitrogen and oxygen atoms in total. The lowest BCUT2D eigenvalue weighted by molar-refractivity contribution is -0.0409. The molecule has 3 aromatic heterocycles. The highest BCUT2D eigenvalue weighted by Crippen LogP contribution is 2.45. The molecule has 1 saturated carbocycles. The Labute approximate surface area is 317 Å². The van der Waals surface area contributed by atoms with Gasteiger partial charge in [-0.1, -0.05) is 17.3 Å². The monoisotopic (exact) mass is 770 g/mol. The number of nitrogens with zero attached hydrogens (tertiary/aromatic N) is 7. The van der Waals surface area contributed by atoms with Gasteiger partial charge in [0.25, 0.3) is 10.0 Å². The van der Waals surface area contributed by atoms with Crippen LogP contribution in [-0.2, 0) is 28.4 Å². The van der Waals surface area contributed by atoms with E-state index < -0.39 is 10.0 Å². The summed E-state index contributed by atoms with van der Waals surface area (Å²) in [5, 5.41) is 21.6. The zero-order valence-corrected chi connectivity index (χ0v) is 32.0. The summed E-state index contributed by atoms with van der Waals surface area (Å²) in [6, 6.07) is 15.7. The second-order valence-electron chi connectivity index (χ2n) is 13.5. The Kier molecular flexibility index (Phi) is 9.73. The van der Waals surface area contributed by atoms with Gasteiger partial charge in [0.15, 0.2) is 28.3 Å². The van der Waals surface area contributed by atoms with Crippen molar-refractivity contribution in [3.63, 3.8) is 0 Å². The lowest BCUT2D eigenvalue weighted by Gasteiger charge is -2.25. The topological polar surface area (TPSA) is 170 Å². The molecular formula is C38H42N8O8S. The molecule has 4 heterocycles. The van der Waals surface area contributed by atoms with E-state index in [2.05, 4.69) is 26.7 Å². The lowest BCUT2D eigenvalue weighted by Crippen LogP contribution is -2.31. The van der Waals surface area contributed by atoms with Crippen molar-refractivity contribution in [2.24, 2.45) is 7.05 Å². The normalized spacial score (nSPS) is 15.9. The average Bonchev–Trinajstić information content (AvgIpc) is 3.61. The number of aromatic nitrogens is 6. The van der Waals surface area contributed by atoms with E-state index >= 15 is 8.42 Å². The van der Waals surface area contributed by atoms with Gasteiger partial charge in [-0.15, -0.1) is 0 Å². The Balaban J connectivity index is 1.21. The van der Waals surface area contributed by atoms with E-state index in [1.807, 2.05) is 4.68 Å². The summed E-state index contributed by atoms with van der Waals surface area (Å²) in [4.78, 5) is 1.20. The van der Waals surface area contributed by atoms with E-state index in [0.717, 1.165) is 37.8 Å². The standard InChI is InChI=1S/C38H42N8O8S/c1-44-39-21-29(41-44)25-16-33(51-4)37(34(17-25)52-5)55(47,48)45(22-23-9-13-26(49-2)14-10-23)38-27-18-32(50-3)28(19-31(27)54-43-38)40-35-20-30(24-11-12-24)46(42-35)36-8-6-7-15-53-36/h9-10,13-14,16-21,24,36H,6-8,11-12,15,22H2,1-5H3,(H,40,42). The quantitative estimate of drug-likeness (QED) is 0.126. The highest BCUT2D eigenvalue weighted by atomic mass is 32.2. The van der Waals surface area contributed by atoms with Crippen molar-refractivity contribution in [3.8, 4) is 34.3 Å². The number of rotatable bonds is 14. The van der Waals surface area contributed by atoms with Gasteiger partial charge in [0.05, 0.1) is 52.3 Å². The fraction of sp³-hybridized carbons (Fsp3) is 0.368. The van der Waals surface area contributed by atoms with Gasteiger partial charge >= 0.3 is 0 Å². The summed E-state index contributed by atoms with van der Waals surface area (Å²) in [6.45, 7) is 0.591. The third-order valence-electron chi connectivity index (χ3n) is 9.85. The zero-order valence-electron chi connectivity index (χ0n) is 31.2. The number of fused-ring (bicyclic) bond motifs is 1. The minimum absolute atomic E-state index is 0.0347. The van der Waals surface area contributed by atoms with Crippen LogP contribution in [0.1, 0.15) is 55.5 Å². The van der Waals surface area contributed by atoms with Crippen LogP contribution in [0.5, 0.6) is 23.0 Å². The first-order valence-corrected chi connectivity index (χ1v) is 19.4. The number of aryl methyl sites for hydroxylation is 1. The Morgan fingerprint density at radius 1 is 0.891 bits per heavy atom. The summed E-state index contributed by atoms with van der Waals surface area (Å²) in [5.74, 6) is 2.26. The third-order valence-corrected chi connectivity index (χ3v) is 11.7. The van der Waals surface area contributed by atoms with Crippen LogP contribution in [0.25, 0.3) is 22.2 Å². The van der Waals surface area contributed by atoms with Gasteiger partial charge < -0.3 is 33.5 Å². The molecule has 1 unspecified atom stereocenters. The molecule has 17 heteroatoms. The molecule has 0 bridgehead atoms. The third kappa shape index (κ3) is 7.00. The molecule has 2 aliphatic rings. The highest BCUT2D eigenvalue weighted by molar-refractivity contribution is 7.93. The Bertz CT molecular complexity index is 2410. The van der Waals surface area contributed by atoms with Crippen molar-refractivity contribution in [1.82, 2.24) is 29.9 Å². The molecule has 3 aromatic carbocycles. The lowest BCUT2D eigenvalue weighted by atomic mass is 10.1. The Morgan fingerprint density at radius 2 is 1.64 bits per heavy atom. The van der Waals surface area contributed by atoms with Gasteiger partial charge in [-0.25, -0.2) is 17.4 Å². The number of hydrogen-bond donors (Lipinski definition) is 1. The van der Waals surface area contributed by atoms with Crippen molar-refractivity contribution in [1.29, 1.82) is 0 Å². The van der Waals surface area contributed by atoms with Crippen LogP contribution in [0.4, 0.5) is 17.3 Å². The number of nitrogens with one attached hydrogen (secondary N) is 1. The first-order valence-electron chi connectivity index (χ1n) is 17.9. The predicted octanol–water partition coefficient (Wildman–Crippen LogP) is 6.57. The van der Waals surface area contributed by atoms with Crippen LogP contribution in [0.15, 0.2) is 70.2 Å². The number of sulfonamides is 1. The molecule has 0 spiro atoms. The summed E-state index contributed by atoms with van der Waals surface area (Å²) in [6.07, 6.45) is 6.76. The van der Waals surface area contributed by atoms with Crippen molar-refractivity contribution in [2.75, 3.05) is 44.7 Å². The molecule has 55 heavy (non-hydrogen) atoms. The SMILES string of the molecule is COc1ccc(CN(c2noc3cc(Nc4cc(C5CC5)n(C5CCCCO5)n4)c(OC)cc23)S(=O)(=O)c2c(OC)cc(-c3cnn(C)n3)cc2OC)cc1. The summed E-state index contributed by atoms with van der Waals surface area (Å²) >= 11 is 0. The number of benzene rings is 3. The molecule has 8 rings (SSSR count). The maximum atomic E-state index is 15.1. The van der Waals surface area contributed by atoms with Gasteiger partial charge in [-0.3, -0.25) is 0 Å². The zero-order chi connectivity index (χ0) is 38.3. The van der Waals surface area contributed by atoms with Crippen molar-refractivity contribution in [2.45, 2.75) is 55.7 Å². The molecule has 6 aromatic rings. The van der Waals surface area contributed by atoms with Crippen LogP contribution in [0.3, 0.4) is 0 Å². The molecule has 0 radical (unpaired) electrons. The van der Waals surface area contributed by atoms with Gasteiger partial charge in [0, 0.05) is 43.0 Å². The molecule has 1 atom stereocenters. The van der Waals surface area contributed by atoms with Crippen molar-refractivity contribution >= 4 is 38.3 Å². The molecule has 1 aliphatic carbocycles. The van der Waals surface area contributed by atoms with Crippen molar-refractivity contribution < 1.29 is 36.6 Å². The van der Waals surface area contributed by atoms with Gasteiger partial charge in [-0.05, 0) is 68.0 Å². The highest BCUT2D eigenvalue weighted by Gasteiger charge is 2.36. The first kappa shape index (κ1) is 36.2. The average molecular weight is 771 g/mol. The van der Waals surface area contributed by atoms with E-state index in [4.69, 9.17) is 33.3 Å². The van der Waals surface area contributed by atoms with E-state index in [1.54, 1.807) is 76.0 Å². The first-order chi connectivity index (χ1) is 26.7. The molecular weight excluding hydrogens is 729 g/mol. The summed E-state index contributed by atoms with van der Waals surface area (Å²) < 4.78 is 67.9. The van der Waals surface area contributed by atoms with Crippen LogP contribution in [-0.4, -0.2) is 73.4 Å². The largest absolute Gasteiger partial charge is 0.497 e. The second-order valence-corrected chi connectivity index (χ2v) is 15.3. The Morgan fingerprint density at radius 3 is 2.25 bits per heavy atom. The molecule has 288 valence electrons. The summed E-state index contributed by atoms with van der Waals surface area (Å²) in [7, 11) is 3.10. The van der Waals surface area contributed by atoms with Crippen LogP contribution in [0, 0.1) is 0 Å². The second kappa shape index (κ2) is 14.8. The van der Waals surface area contributed by atoms with E-state index in [0.29, 0.717) is 63.3 Å². The van der Waals surface area contributed by atoms with E-state index in [9.17, 15) is 0 Å². The number of ether oxygens (including phenoxy) is 5. The maximum Gasteiger partial charge on any atom is 0.273 e. The summed E-state index contributed by atoms with van der Waals surface area (Å²) in [5.41, 5.74) is 3.76. The number of methoxy groups -OCH3 is 4. The molecule has 2 fully saturated rings. The fourth-order valence-corrected chi connectivity index (χ4v) is 8.57. The molecule has 1 saturated heterocycles. The van der Waals surface area contributed by atoms with Gasteiger partial charge in [0.2, 0.25) is 0 Å². The van der Waals surface area contributed by atoms with E-state index in [-0.39, 0.29) is 35.0 Å². The maximum absolute atomic E-state index is 15.1. The van der Waals surface area contributed by atoms with Crippen LogP contribution in [0.2, 0.25) is 0 Å². The Hall–Kier alpha value is -5.81. The smallest absolute Gasteiger partial charge is 0.273 e. The van der Waals surface area contributed by atoms with Crippen LogP contribution >= 0.6 is 0 Å². The fourth-order valence-electron chi connectivity index (χ4n) is 6.88. The molecule has 1 aliphatic heterocycles. The minimum atomic E-state index is -4.49.